The summed E-state index contributed by atoms with van der Waals surface area (Å²) in [5.41, 5.74) is 2.55. The molecule has 0 saturated carbocycles. The number of hydrogen-bond acceptors (Lipinski definition) is 8. The zero-order valence-corrected chi connectivity index (χ0v) is 16.3. The molecule has 0 radical (unpaired) electrons. The first kappa shape index (κ1) is 18.3. The monoisotopic (exact) mass is 389 g/mol. The van der Waals surface area contributed by atoms with Gasteiger partial charge in [0, 0.05) is 42.7 Å². The number of hydrogen-bond donors (Lipinski definition) is 1. The first-order chi connectivity index (χ1) is 13.0. The summed E-state index contributed by atoms with van der Waals surface area (Å²) >= 11 is 1.45. The van der Waals surface area contributed by atoms with E-state index in [9.17, 15) is 4.79 Å². The molecule has 9 heteroatoms. The molecule has 0 aromatic carbocycles. The number of carbonyl (C=O) groups is 1. The van der Waals surface area contributed by atoms with Crippen LogP contribution in [0.5, 0.6) is 0 Å². The van der Waals surface area contributed by atoms with Crippen molar-refractivity contribution in [2.45, 2.75) is 38.9 Å². The molecule has 8 nitrogen and oxygen atoms in total. The van der Waals surface area contributed by atoms with E-state index in [1.165, 1.54) is 11.3 Å². The van der Waals surface area contributed by atoms with Crippen LogP contribution in [-0.2, 0) is 20.7 Å². The Labute approximate surface area is 161 Å². The highest BCUT2D eigenvalue weighted by Crippen LogP contribution is 2.31. The summed E-state index contributed by atoms with van der Waals surface area (Å²) in [6.45, 7) is 6.46. The van der Waals surface area contributed by atoms with Crippen molar-refractivity contribution in [1.29, 1.82) is 0 Å². The van der Waals surface area contributed by atoms with Gasteiger partial charge in [-0.25, -0.2) is 15.0 Å². The van der Waals surface area contributed by atoms with Crippen molar-refractivity contribution < 1.29 is 14.3 Å². The Hall–Kier alpha value is -2.10. The normalized spacial score (nSPS) is 18.8. The molecule has 2 aliphatic heterocycles. The van der Waals surface area contributed by atoms with Crippen LogP contribution < -0.4 is 5.32 Å². The van der Waals surface area contributed by atoms with Crippen molar-refractivity contribution in [1.82, 2.24) is 19.9 Å². The van der Waals surface area contributed by atoms with Gasteiger partial charge in [0.1, 0.15) is 0 Å². The first-order valence-corrected chi connectivity index (χ1v) is 9.99. The highest BCUT2D eigenvalue weighted by molar-refractivity contribution is 7.13. The number of ether oxygens (including phenoxy) is 2. The Morgan fingerprint density at radius 2 is 1.85 bits per heavy atom. The van der Waals surface area contributed by atoms with E-state index in [1.807, 2.05) is 30.2 Å². The second-order valence-corrected chi connectivity index (χ2v) is 7.77. The van der Waals surface area contributed by atoms with Gasteiger partial charge < -0.3 is 19.7 Å². The Morgan fingerprint density at radius 1 is 1.19 bits per heavy atom. The van der Waals surface area contributed by atoms with Gasteiger partial charge in [0.25, 0.3) is 0 Å². The van der Waals surface area contributed by atoms with Crippen LogP contribution in [0.3, 0.4) is 0 Å². The van der Waals surface area contributed by atoms with Crippen LogP contribution in [0.1, 0.15) is 29.9 Å². The average molecular weight is 389 g/mol. The molecule has 4 heterocycles. The van der Waals surface area contributed by atoms with Crippen LogP contribution >= 0.6 is 11.3 Å². The summed E-state index contributed by atoms with van der Waals surface area (Å²) in [5, 5.41) is 5.71. The second kappa shape index (κ2) is 7.49. The Morgan fingerprint density at radius 3 is 2.52 bits per heavy atom. The predicted octanol–water partition coefficient (Wildman–Crippen LogP) is 2.20. The summed E-state index contributed by atoms with van der Waals surface area (Å²) in [5.74, 6) is 0.153. The fourth-order valence-corrected chi connectivity index (χ4v) is 4.18. The van der Waals surface area contributed by atoms with Gasteiger partial charge in [-0.3, -0.25) is 4.79 Å². The minimum atomic E-state index is -0.458. The number of carbonyl (C=O) groups excluding carboxylic acids is 1. The zero-order chi connectivity index (χ0) is 18.9. The molecule has 0 atom stereocenters. The SMILES string of the molecule is Cc1cc(C)nc(Nc2nc(CC(=O)N3CCC4(CC3)OCCO4)cs2)n1. The van der Waals surface area contributed by atoms with Crippen LogP contribution in [-0.4, -0.2) is 57.8 Å². The largest absolute Gasteiger partial charge is 0.347 e. The van der Waals surface area contributed by atoms with Gasteiger partial charge in [-0.1, -0.05) is 0 Å². The molecule has 1 N–H and O–H groups in total. The quantitative estimate of drug-likeness (QED) is 0.857. The number of nitrogens with one attached hydrogen (secondary N) is 1. The van der Waals surface area contributed by atoms with E-state index in [2.05, 4.69) is 20.3 Å². The van der Waals surface area contributed by atoms with Crippen molar-refractivity contribution in [3.05, 3.63) is 28.5 Å². The van der Waals surface area contributed by atoms with Crippen LogP contribution in [0, 0.1) is 13.8 Å². The third-order valence-corrected chi connectivity index (χ3v) is 5.58. The lowest BCUT2D eigenvalue weighted by molar-refractivity contribution is -0.187. The molecule has 2 aromatic rings. The van der Waals surface area contributed by atoms with Gasteiger partial charge >= 0.3 is 0 Å². The van der Waals surface area contributed by atoms with Crippen molar-refractivity contribution in [2.24, 2.45) is 0 Å². The summed E-state index contributed by atoms with van der Waals surface area (Å²) in [4.78, 5) is 27.7. The van der Waals surface area contributed by atoms with Crippen molar-refractivity contribution in [2.75, 3.05) is 31.6 Å². The fourth-order valence-electron chi connectivity index (χ4n) is 3.47. The molecule has 27 heavy (non-hydrogen) atoms. The third kappa shape index (κ3) is 4.26. The molecule has 2 aromatic heterocycles. The van der Waals surface area contributed by atoms with E-state index in [0.29, 0.717) is 43.8 Å². The number of nitrogens with zero attached hydrogens (tertiary/aromatic N) is 4. The lowest BCUT2D eigenvalue weighted by atomic mass is 10.0. The van der Waals surface area contributed by atoms with Crippen molar-refractivity contribution in [3.8, 4) is 0 Å². The zero-order valence-electron chi connectivity index (χ0n) is 15.5. The minimum Gasteiger partial charge on any atom is -0.347 e. The van der Waals surface area contributed by atoms with Gasteiger partial charge in [-0.05, 0) is 19.9 Å². The molecule has 144 valence electrons. The van der Waals surface area contributed by atoms with E-state index in [1.54, 1.807) is 0 Å². The topological polar surface area (TPSA) is 89.5 Å². The third-order valence-electron chi connectivity index (χ3n) is 4.78. The van der Waals surface area contributed by atoms with Gasteiger partial charge in [0.2, 0.25) is 11.9 Å². The van der Waals surface area contributed by atoms with Crippen molar-refractivity contribution in [3.63, 3.8) is 0 Å². The first-order valence-electron chi connectivity index (χ1n) is 9.11. The number of piperidine rings is 1. The number of aromatic nitrogens is 3. The van der Waals surface area contributed by atoms with Crippen LogP contribution in [0.15, 0.2) is 11.4 Å². The Bertz CT molecular complexity index is 804. The Kier molecular flexibility index (Phi) is 5.07. The molecule has 1 spiro atoms. The number of anilines is 2. The van der Waals surface area contributed by atoms with E-state index < -0.39 is 5.79 Å². The summed E-state index contributed by atoms with van der Waals surface area (Å²) in [6.07, 6.45) is 1.75. The highest BCUT2D eigenvalue weighted by Gasteiger charge is 2.40. The smallest absolute Gasteiger partial charge is 0.229 e. The lowest BCUT2D eigenvalue weighted by Gasteiger charge is -2.37. The average Bonchev–Trinajstić information content (AvgIpc) is 3.25. The van der Waals surface area contributed by atoms with E-state index in [-0.39, 0.29) is 5.91 Å². The number of thiazole rings is 1. The van der Waals surface area contributed by atoms with Crippen molar-refractivity contribution >= 4 is 28.3 Å². The van der Waals surface area contributed by atoms with Crippen LogP contribution in [0.25, 0.3) is 0 Å². The molecule has 2 saturated heterocycles. The molecule has 0 unspecified atom stereocenters. The fraction of sp³-hybridized carbons (Fsp3) is 0.556. The van der Waals surface area contributed by atoms with E-state index in [0.717, 1.165) is 29.9 Å². The molecule has 0 bridgehead atoms. The molecule has 4 rings (SSSR count). The summed E-state index contributed by atoms with van der Waals surface area (Å²) < 4.78 is 11.4. The number of rotatable bonds is 4. The van der Waals surface area contributed by atoms with Crippen LogP contribution in [0.2, 0.25) is 0 Å². The number of amides is 1. The van der Waals surface area contributed by atoms with E-state index >= 15 is 0 Å². The maximum absolute atomic E-state index is 12.6. The highest BCUT2D eigenvalue weighted by atomic mass is 32.1. The predicted molar refractivity (Wildman–Crippen MR) is 101 cm³/mol. The summed E-state index contributed by atoms with van der Waals surface area (Å²) in [6, 6.07) is 1.92. The standard InChI is InChI=1S/C18H23N5O3S/c1-12-9-13(2)20-16(19-12)22-17-21-14(11-27-17)10-15(24)23-5-3-18(4-6-23)25-7-8-26-18/h9,11H,3-8,10H2,1-2H3,(H,19,20,21,22). The Balaban J connectivity index is 1.33. The molecule has 0 aliphatic carbocycles. The van der Waals surface area contributed by atoms with Gasteiger partial charge in [0.15, 0.2) is 10.9 Å². The van der Waals surface area contributed by atoms with Crippen LogP contribution in [0.4, 0.5) is 11.1 Å². The molecule has 2 aliphatic rings. The number of likely N-dealkylation sites (tertiary alicyclic amines) is 1. The van der Waals surface area contributed by atoms with E-state index in [4.69, 9.17) is 9.47 Å². The maximum Gasteiger partial charge on any atom is 0.229 e. The summed E-state index contributed by atoms with van der Waals surface area (Å²) in [7, 11) is 0. The van der Waals surface area contributed by atoms with Gasteiger partial charge in [-0.2, -0.15) is 0 Å². The molecule has 1 amide bonds. The molecular formula is C18H23N5O3S. The lowest BCUT2D eigenvalue weighted by Crippen LogP contribution is -2.47. The maximum atomic E-state index is 12.6. The second-order valence-electron chi connectivity index (χ2n) is 6.91. The minimum absolute atomic E-state index is 0.0855. The van der Waals surface area contributed by atoms with Gasteiger partial charge in [-0.15, -0.1) is 11.3 Å². The van der Waals surface area contributed by atoms with Gasteiger partial charge in [0.05, 0.1) is 25.3 Å². The number of aryl methyl sites for hydroxylation is 2. The molecule has 2 fully saturated rings. The molecular weight excluding hydrogens is 366 g/mol.